The van der Waals surface area contributed by atoms with Gasteiger partial charge in [-0.1, -0.05) is 19.1 Å². The smallest absolute Gasteiger partial charge is 0.251 e. The van der Waals surface area contributed by atoms with Crippen molar-refractivity contribution < 1.29 is 9.59 Å². The van der Waals surface area contributed by atoms with Gasteiger partial charge in [0.05, 0.1) is 0 Å². The van der Waals surface area contributed by atoms with Crippen LogP contribution in [0.5, 0.6) is 0 Å². The van der Waals surface area contributed by atoms with Gasteiger partial charge in [-0.05, 0) is 29.5 Å². The quantitative estimate of drug-likeness (QED) is 0.765. The van der Waals surface area contributed by atoms with Crippen LogP contribution < -0.4 is 10.9 Å². The Balaban J connectivity index is 1.61. The van der Waals surface area contributed by atoms with Crippen molar-refractivity contribution in [3.8, 4) is 0 Å². The molecule has 1 aliphatic heterocycles. The fraction of sp³-hybridized carbons (Fsp3) is 0.450. The summed E-state index contributed by atoms with van der Waals surface area (Å²) in [6, 6.07) is 8.11. The summed E-state index contributed by atoms with van der Waals surface area (Å²) in [5, 5.41) is 3.52. The summed E-state index contributed by atoms with van der Waals surface area (Å²) in [6.07, 6.45) is 0.629. The standard InChI is InChI=1S/C20H26N4O3/c1-3-15-11-16-5-4-14(10-17(16)22-20(15)27)13-23-6-8-24(9-7-23)19(26)12-18(25)21-2/h4-5,10-11H,3,6-9,12-13H2,1-2H3,(H,21,25)(H,22,27). The number of aromatic nitrogens is 1. The molecule has 0 unspecified atom stereocenters. The predicted molar refractivity (Wildman–Crippen MR) is 104 cm³/mol. The SMILES string of the molecule is CCc1cc2ccc(CN3CCN(C(=O)CC(=O)NC)CC3)cc2[nH]c1=O. The van der Waals surface area contributed by atoms with Gasteiger partial charge in [0.2, 0.25) is 11.8 Å². The summed E-state index contributed by atoms with van der Waals surface area (Å²) < 4.78 is 0. The first-order valence-corrected chi connectivity index (χ1v) is 9.35. The monoisotopic (exact) mass is 370 g/mol. The first-order chi connectivity index (χ1) is 13.0. The van der Waals surface area contributed by atoms with E-state index in [1.54, 1.807) is 4.90 Å². The van der Waals surface area contributed by atoms with Crippen molar-refractivity contribution in [2.75, 3.05) is 33.2 Å². The molecule has 3 rings (SSSR count). The maximum Gasteiger partial charge on any atom is 0.251 e. The molecule has 1 saturated heterocycles. The normalized spacial score (nSPS) is 15.1. The first kappa shape index (κ1) is 19.1. The van der Waals surface area contributed by atoms with Gasteiger partial charge in [-0.15, -0.1) is 0 Å². The van der Waals surface area contributed by atoms with Gasteiger partial charge in [-0.25, -0.2) is 0 Å². The number of fused-ring (bicyclic) bond motifs is 1. The van der Waals surface area contributed by atoms with Gasteiger partial charge in [0.15, 0.2) is 0 Å². The van der Waals surface area contributed by atoms with Crippen LogP contribution in [-0.4, -0.2) is 59.8 Å². The maximum absolute atomic E-state index is 12.1. The van der Waals surface area contributed by atoms with E-state index in [0.29, 0.717) is 13.1 Å². The van der Waals surface area contributed by atoms with Crippen LogP contribution in [0.2, 0.25) is 0 Å². The molecule has 2 N–H and O–H groups in total. The van der Waals surface area contributed by atoms with E-state index in [0.717, 1.165) is 48.1 Å². The van der Waals surface area contributed by atoms with Crippen molar-refractivity contribution in [1.29, 1.82) is 0 Å². The number of hydrogen-bond donors (Lipinski definition) is 2. The average molecular weight is 370 g/mol. The highest BCUT2D eigenvalue weighted by Gasteiger charge is 2.22. The number of nitrogens with zero attached hydrogens (tertiary/aromatic N) is 2. The van der Waals surface area contributed by atoms with Gasteiger partial charge in [-0.2, -0.15) is 0 Å². The number of carbonyl (C=O) groups excluding carboxylic acids is 2. The van der Waals surface area contributed by atoms with Gasteiger partial charge in [0, 0.05) is 50.9 Å². The van der Waals surface area contributed by atoms with Crippen LogP contribution in [-0.2, 0) is 22.6 Å². The Bertz CT molecular complexity index is 898. The third-order valence-corrected chi connectivity index (χ3v) is 5.09. The van der Waals surface area contributed by atoms with Crippen molar-refractivity contribution in [3.63, 3.8) is 0 Å². The van der Waals surface area contributed by atoms with Crippen molar-refractivity contribution >= 4 is 22.7 Å². The molecule has 2 amide bonds. The van der Waals surface area contributed by atoms with Gasteiger partial charge in [0.1, 0.15) is 6.42 Å². The number of amides is 2. The molecular weight excluding hydrogens is 344 g/mol. The fourth-order valence-electron chi connectivity index (χ4n) is 3.41. The summed E-state index contributed by atoms with van der Waals surface area (Å²) in [5.74, 6) is -0.372. The summed E-state index contributed by atoms with van der Waals surface area (Å²) in [6.45, 7) is 5.53. The minimum atomic E-state index is -0.251. The average Bonchev–Trinajstić information content (AvgIpc) is 2.67. The molecule has 0 spiro atoms. The zero-order valence-corrected chi connectivity index (χ0v) is 15.9. The van der Waals surface area contributed by atoms with E-state index < -0.39 is 0 Å². The van der Waals surface area contributed by atoms with Gasteiger partial charge in [0.25, 0.3) is 5.56 Å². The van der Waals surface area contributed by atoms with Crippen LogP contribution in [0, 0.1) is 0 Å². The van der Waals surface area contributed by atoms with Crippen LogP contribution in [0.4, 0.5) is 0 Å². The lowest BCUT2D eigenvalue weighted by atomic mass is 10.1. The van der Waals surface area contributed by atoms with Crippen LogP contribution in [0.25, 0.3) is 10.9 Å². The molecule has 144 valence electrons. The summed E-state index contributed by atoms with van der Waals surface area (Å²) in [7, 11) is 1.54. The molecule has 27 heavy (non-hydrogen) atoms. The predicted octanol–water partition coefficient (Wildman–Crippen LogP) is 0.871. The minimum absolute atomic E-state index is 0.0228. The second-order valence-electron chi connectivity index (χ2n) is 6.91. The molecule has 1 aromatic carbocycles. The molecule has 0 bridgehead atoms. The number of carbonyl (C=O) groups is 2. The Labute approximate surface area is 158 Å². The number of hydrogen-bond acceptors (Lipinski definition) is 4. The highest BCUT2D eigenvalue weighted by Crippen LogP contribution is 2.16. The third kappa shape index (κ3) is 4.54. The van der Waals surface area contributed by atoms with E-state index in [2.05, 4.69) is 21.3 Å². The highest BCUT2D eigenvalue weighted by molar-refractivity contribution is 5.96. The van der Waals surface area contributed by atoms with E-state index in [1.807, 2.05) is 25.1 Å². The van der Waals surface area contributed by atoms with E-state index >= 15 is 0 Å². The van der Waals surface area contributed by atoms with Crippen LogP contribution in [0.1, 0.15) is 24.5 Å². The second kappa shape index (κ2) is 8.35. The van der Waals surface area contributed by atoms with Crippen LogP contribution in [0.15, 0.2) is 29.1 Å². The Morgan fingerprint density at radius 2 is 1.89 bits per heavy atom. The van der Waals surface area contributed by atoms with E-state index in [4.69, 9.17) is 0 Å². The summed E-state index contributed by atoms with van der Waals surface area (Å²) >= 11 is 0. The van der Waals surface area contributed by atoms with Crippen molar-refractivity contribution in [2.45, 2.75) is 26.3 Å². The maximum atomic E-state index is 12.1. The summed E-state index contributed by atoms with van der Waals surface area (Å²) in [5.41, 5.74) is 2.76. The molecule has 2 aromatic rings. The minimum Gasteiger partial charge on any atom is -0.359 e. The molecule has 0 atom stereocenters. The molecule has 7 nitrogen and oxygen atoms in total. The second-order valence-corrected chi connectivity index (χ2v) is 6.91. The lowest BCUT2D eigenvalue weighted by Crippen LogP contribution is -2.49. The molecule has 1 aromatic heterocycles. The van der Waals surface area contributed by atoms with E-state index in [1.165, 1.54) is 7.05 Å². The topological polar surface area (TPSA) is 85.5 Å². The van der Waals surface area contributed by atoms with Crippen molar-refractivity contribution in [3.05, 3.63) is 45.7 Å². The highest BCUT2D eigenvalue weighted by atomic mass is 16.2. The number of H-pyrrole nitrogens is 1. The Kier molecular flexibility index (Phi) is 5.91. The third-order valence-electron chi connectivity index (χ3n) is 5.09. The molecule has 7 heteroatoms. The van der Waals surface area contributed by atoms with E-state index in [-0.39, 0.29) is 23.8 Å². The molecule has 0 radical (unpaired) electrons. The largest absolute Gasteiger partial charge is 0.359 e. The summed E-state index contributed by atoms with van der Waals surface area (Å²) in [4.78, 5) is 42.4. The van der Waals surface area contributed by atoms with Crippen molar-refractivity contribution in [2.24, 2.45) is 0 Å². The Hall–Kier alpha value is -2.67. The van der Waals surface area contributed by atoms with Crippen LogP contribution >= 0.6 is 0 Å². The number of nitrogens with one attached hydrogen (secondary N) is 2. The fourth-order valence-corrected chi connectivity index (χ4v) is 3.41. The van der Waals surface area contributed by atoms with Gasteiger partial charge < -0.3 is 15.2 Å². The molecule has 1 fully saturated rings. The molecule has 0 aliphatic carbocycles. The van der Waals surface area contributed by atoms with E-state index in [9.17, 15) is 14.4 Å². The lowest BCUT2D eigenvalue weighted by molar-refractivity contribution is -0.137. The number of piperazine rings is 1. The Morgan fingerprint density at radius 1 is 1.15 bits per heavy atom. The van der Waals surface area contributed by atoms with Crippen molar-refractivity contribution in [1.82, 2.24) is 20.1 Å². The van der Waals surface area contributed by atoms with Crippen LogP contribution in [0.3, 0.4) is 0 Å². The molecule has 2 heterocycles. The molecule has 1 aliphatic rings. The lowest BCUT2D eigenvalue weighted by Gasteiger charge is -2.34. The number of aryl methyl sites for hydroxylation is 1. The van der Waals surface area contributed by atoms with Gasteiger partial charge in [-0.3, -0.25) is 19.3 Å². The molecule has 0 saturated carbocycles. The number of benzene rings is 1. The number of rotatable bonds is 5. The Morgan fingerprint density at radius 3 is 2.56 bits per heavy atom. The molecular formula is C20H26N4O3. The first-order valence-electron chi connectivity index (χ1n) is 9.35. The number of aromatic amines is 1. The zero-order valence-electron chi connectivity index (χ0n) is 15.9. The van der Waals surface area contributed by atoms with Gasteiger partial charge >= 0.3 is 0 Å². The zero-order chi connectivity index (χ0) is 19.4. The number of pyridine rings is 1.